The molecule has 102 valence electrons. The third-order valence-electron chi connectivity index (χ3n) is 2.71. The lowest BCUT2D eigenvalue weighted by Crippen LogP contribution is -2.39. The highest BCUT2D eigenvalue weighted by Crippen LogP contribution is 2.13. The molecule has 0 heterocycles. The zero-order valence-corrected chi connectivity index (χ0v) is 11.4. The molecule has 0 spiro atoms. The van der Waals surface area contributed by atoms with Gasteiger partial charge in [0.05, 0.1) is 4.90 Å². The zero-order chi connectivity index (χ0) is 13.8. The zero-order valence-electron chi connectivity index (χ0n) is 10.6. The molecule has 0 saturated heterocycles. The Hall–Kier alpha value is -0.980. The van der Waals surface area contributed by atoms with Crippen LogP contribution in [0.4, 0.5) is 4.39 Å². The van der Waals surface area contributed by atoms with Gasteiger partial charge >= 0.3 is 0 Å². The number of rotatable bonds is 6. The summed E-state index contributed by atoms with van der Waals surface area (Å²) in [5.74, 6) is -0.319. The maximum Gasteiger partial charge on any atom is 0.240 e. The topological polar surface area (TPSA) is 72.2 Å². The highest BCUT2D eigenvalue weighted by molar-refractivity contribution is 7.89. The molecule has 0 bridgehead atoms. The molecule has 1 atom stereocenters. The Balaban J connectivity index is 2.89. The molecule has 1 aromatic rings. The minimum absolute atomic E-state index is 0.0616. The first-order valence-electron chi connectivity index (χ1n) is 5.85. The van der Waals surface area contributed by atoms with Crippen LogP contribution in [0.3, 0.4) is 0 Å². The maximum absolute atomic E-state index is 12.8. The summed E-state index contributed by atoms with van der Waals surface area (Å²) in [5, 5.41) is 0. The fraction of sp³-hybridized carbons (Fsp3) is 0.500. The second-order valence-corrected chi connectivity index (χ2v) is 6.22. The first-order valence-corrected chi connectivity index (χ1v) is 7.33. The summed E-state index contributed by atoms with van der Waals surface area (Å²) in [6.45, 7) is 4.26. The van der Waals surface area contributed by atoms with Crippen LogP contribution in [-0.4, -0.2) is 21.0 Å². The van der Waals surface area contributed by atoms with Crippen LogP contribution in [0.15, 0.2) is 29.2 Å². The van der Waals surface area contributed by atoms with E-state index in [2.05, 4.69) is 4.72 Å². The van der Waals surface area contributed by atoms with Crippen LogP contribution >= 0.6 is 0 Å². The van der Waals surface area contributed by atoms with E-state index in [1.165, 1.54) is 12.1 Å². The van der Waals surface area contributed by atoms with E-state index in [0.717, 1.165) is 12.1 Å². The van der Waals surface area contributed by atoms with Crippen LogP contribution in [0.2, 0.25) is 0 Å². The SMILES string of the molecule is CC(C)C(CCN)NS(=O)(=O)c1ccc(F)cc1. The summed E-state index contributed by atoms with van der Waals surface area (Å²) >= 11 is 0. The molecule has 0 amide bonds. The molecule has 0 aliphatic rings. The van der Waals surface area contributed by atoms with Gasteiger partial charge in [0.1, 0.15) is 5.82 Å². The molecule has 0 aliphatic heterocycles. The molecule has 1 aromatic carbocycles. The van der Waals surface area contributed by atoms with Crippen LogP contribution in [0.5, 0.6) is 0 Å². The molecule has 0 saturated carbocycles. The second-order valence-electron chi connectivity index (χ2n) is 4.50. The van der Waals surface area contributed by atoms with Gasteiger partial charge in [0.25, 0.3) is 0 Å². The number of benzene rings is 1. The lowest BCUT2D eigenvalue weighted by atomic mass is 10.0. The van der Waals surface area contributed by atoms with E-state index in [1.807, 2.05) is 13.8 Å². The van der Waals surface area contributed by atoms with Gasteiger partial charge < -0.3 is 5.73 Å². The van der Waals surface area contributed by atoms with Gasteiger partial charge in [-0.15, -0.1) is 0 Å². The van der Waals surface area contributed by atoms with Crippen molar-refractivity contribution in [1.29, 1.82) is 0 Å². The van der Waals surface area contributed by atoms with Crippen molar-refractivity contribution in [2.24, 2.45) is 11.7 Å². The standard InChI is InChI=1S/C12H19FN2O2S/c1-9(2)12(7-8-14)15-18(16,17)11-5-3-10(13)4-6-11/h3-6,9,12,15H,7-8,14H2,1-2H3. The van der Waals surface area contributed by atoms with Gasteiger partial charge in [-0.2, -0.15) is 0 Å². The van der Waals surface area contributed by atoms with Crippen molar-refractivity contribution in [3.05, 3.63) is 30.1 Å². The lowest BCUT2D eigenvalue weighted by Gasteiger charge is -2.21. The number of nitrogens with two attached hydrogens (primary N) is 1. The Morgan fingerprint density at radius 2 is 1.83 bits per heavy atom. The fourth-order valence-corrected chi connectivity index (χ4v) is 3.01. The summed E-state index contributed by atoms with van der Waals surface area (Å²) in [5.41, 5.74) is 5.46. The summed E-state index contributed by atoms with van der Waals surface area (Å²) in [7, 11) is -3.62. The maximum atomic E-state index is 12.8. The normalized spacial score (nSPS) is 13.8. The number of nitrogens with one attached hydrogen (secondary N) is 1. The van der Waals surface area contributed by atoms with Crippen molar-refractivity contribution in [1.82, 2.24) is 4.72 Å². The van der Waals surface area contributed by atoms with Gasteiger partial charge in [-0.25, -0.2) is 17.5 Å². The number of sulfonamides is 1. The smallest absolute Gasteiger partial charge is 0.240 e. The van der Waals surface area contributed by atoms with Gasteiger partial charge in [0.2, 0.25) is 10.0 Å². The predicted molar refractivity (Wildman–Crippen MR) is 69.0 cm³/mol. The van der Waals surface area contributed by atoms with Gasteiger partial charge in [0, 0.05) is 6.04 Å². The van der Waals surface area contributed by atoms with Crippen LogP contribution in [0.25, 0.3) is 0 Å². The molecule has 3 N–H and O–H groups in total. The first kappa shape index (κ1) is 15.1. The Morgan fingerprint density at radius 3 is 2.28 bits per heavy atom. The second kappa shape index (κ2) is 6.26. The van der Waals surface area contributed by atoms with Crippen molar-refractivity contribution in [3.63, 3.8) is 0 Å². The number of hydrogen-bond acceptors (Lipinski definition) is 3. The summed E-state index contributed by atoms with van der Waals surface area (Å²) in [6.07, 6.45) is 0.568. The third kappa shape index (κ3) is 4.04. The Labute approximate surface area is 107 Å². The average Bonchev–Trinajstić information content (AvgIpc) is 2.28. The minimum Gasteiger partial charge on any atom is -0.330 e. The monoisotopic (exact) mass is 274 g/mol. The third-order valence-corrected chi connectivity index (χ3v) is 4.22. The van der Waals surface area contributed by atoms with Crippen molar-refractivity contribution in [3.8, 4) is 0 Å². The minimum atomic E-state index is -3.62. The van der Waals surface area contributed by atoms with Crippen molar-refractivity contribution >= 4 is 10.0 Å². The summed E-state index contributed by atoms with van der Waals surface area (Å²) in [4.78, 5) is 0.0616. The van der Waals surface area contributed by atoms with E-state index in [0.29, 0.717) is 13.0 Å². The van der Waals surface area contributed by atoms with E-state index < -0.39 is 15.8 Å². The largest absolute Gasteiger partial charge is 0.330 e. The van der Waals surface area contributed by atoms with Crippen LogP contribution in [-0.2, 0) is 10.0 Å². The summed E-state index contributed by atoms with van der Waals surface area (Å²) < 4.78 is 39.5. The molecule has 1 rings (SSSR count). The molecule has 6 heteroatoms. The fourth-order valence-electron chi connectivity index (χ4n) is 1.59. The molecule has 0 aromatic heterocycles. The van der Waals surface area contributed by atoms with E-state index in [4.69, 9.17) is 5.73 Å². The Kier molecular flexibility index (Phi) is 5.25. The lowest BCUT2D eigenvalue weighted by molar-refractivity contribution is 0.428. The molecule has 0 radical (unpaired) electrons. The van der Waals surface area contributed by atoms with Crippen LogP contribution < -0.4 is 10.5 Å². The van der Waals surface area contributed by atoms with Gasteiger partial charge in [-0.1, -0.05) is 13.8 Å². The van der Waals surface area contributed by atoms with Crippen molar-refractivity contribution in [2.45, 2.75) is 31.2 Å². The highest BCUT2D eigenvalue weighted by atomic mass is 32.2. The number of halogens is 1. The predicted octanol–water partition coefficient (Wildman–Crippen LogP) is 1.48. The van der Waals surface area contributed by atoms with E-state index in [9.17, 15) is 12.8 Å². The molecular formula is C12H19FN2O2S. The van der Waals surface area contributed by atoms with Crippen molar-refractivity contribution in [2.75, 3.05) is 6.54 Å². The van der Waals surface area contributed by atoms with Crippen LogP contribution in [0.1, 0.15) is 20.3 Å². The van der Waals surface area contributed by atoms with E-state index >= 15 is 0 Å². The molecule has 4 nitrogen and oxygen atoms in total. The number of hydrogen-bond donors (Lipinski definition) is 2. The average molecular weight is 274 g/mol. The Morgan fingerprint density at radius 1 is 1.28 bits per heavy atom. The quantitative estimate of drug-likeness (QED) is 0.825. The molecular weight excluding hydrogens is 255 g/mol. The van der Waals surface area contributed by atoms with Crippen molar-refractivity contribution < 1.29 is 12.8 Å². The molecule has 18 heavy (non-hydrogen) atoms. The van der Waals surface area contributed by atoms with Gasteiger partial charge in [-0.3, -0.25) is 0 Å². The van der Waals surface area contributed by atoms with Gasteiger partial charge in [-0.05, 0) is 43.1 Å². The Bertz CT molecular complexity index is 471. The highest BCUT2D eigenvalue weighted by Gasteiger charge is 2.21. The van der Waals surface area contributed by atoms with E-state index in [-0.39, 0.29) is 16.9 Å². The molecule has 0 fully saturated rings. The molecule has 1 unspecified atom stereocenters. The van der Waals surface area contributed by atoms with Gasteiger partial charge in [0.15, 0.2) is 0 Å². The molecule has 0 aliphatic carbocycles. The summed E-state index contributed by atoms with van der Waals surface area (Å²) in [6, 6.07) is 4.53. The first-order chi connectivity index (χ1) is 8.36. The van der Waals surface area contributed by atoms with Crippen LogP contribution in [0, 0.1) is 11.7 Å². The van der Waals surface area contributed by atoms with E-state index in [1.54, 1.807) is 0 Å².